The molecule has 0 aliphatic rings. The topological polar surface area (TPSA) is 35.2 Å². The highest BCUT2D eigenvalue weighted by molar-refractivity contribution is 7.98. The highest BCUT2D eigenvalue weighted by Gasteiger charge is 2.13. The Hall–Kier alpha value is -1.45. The molecule has 2 rings (SSSR count). The van der Waals surface area contributed by atoms with E-state index in [0.717, 1.165) is 16.2 Å². The zero-order valence-corrected chi connectivity index (χ0v) is 12.1. The minimum Gasteiger partial charge on any atom is -0.483 e. The first-order valence-electron chi connectivity index (χ1n) is 6.31. The van der Waals surface area contributed by atoms with E-state index in [2.05, 4.69) is 37.3 Å². The normalized spacial score (nSPS) is 12.2. The summed E-state index contributed by atoms with van der Waals surface area (Å²) in [6.45, 7) is 2.54. The van der Waals surface area contributed by atoms with Gasteiger partial charge in [0, 0.05) is 11.4 Å². The van der Waals surface area contributed by atoms with Gasteiger partial charge < -0.3 is 10.5 Å². The molecule has 19 heavy (non-hydrogen) atoms. The van der Waals surface area contributed by atoms with E-state index >= 15 is 0 Å². The van der Waals surface area contributed by atoms with Gasteiger partial charge in [-0.25, -0.2) is 0 Å². The smallest absolute Gasteiger partial charge is 0.136 e. The Labute approximate surface area is 119 Å². The first-order chi connectivity index (χ1) is 9.24. The molecule has 1 unspecified atom stereocenters. The second kappa shape index (κ2) is 6.64. The Morgan fingerprint density at radius 1 is 1.11 bits per heavy atom. The first kappa shape index (κ1) is 14.0. The molecule has 0 radical (unpaired) electrons. The van der Waals surface area contributed by atoms with E-state index in [0.29, 0.717) is 6.54 Å². The monoisotopic (exact) mass is 273 g/mol. The molecule has 0 saturated heterocycles. The number of hydrogen-bond acceptors (Lipinski definition) is 3. The SMILES string of the molecule is CSc1ccccc1OC(CN)c1ccc(C)cc1. The Morgan fingerprint density at radius 3 is 2.42 bits per heavy atom. The maximum absolute atomic E-state index is 6.07. The molecule has 0 aliphatic heterocycles. The van der Waals surface area contributed by atoms with Crippen molar-refractivity contribution in [3.8, 4) is 5.75 Å². The molecule has 0 aromatic heterocycles. The van der Waals surface area contributed by atoms with E-state index in [-0.39, 0.29) is 6.10 Å². The van der Waals surface area contributed by atoms with Crippen molar-refractivity contribution in [3.63, 3.8) is 0 Å². The summed E-state index contributed by atoms with van der Waals surface area (Å²) < 4.78 is 6.07. The van der Waals surface area contributed by atoms with Gasteiger partial charge in [-0.2, -0.15) is 0 Å². The maximum atomic E-state index is 6.07. The zero-order chi connectivity index (χ0) is 13.7. The Morgan fingerprint density at radius 2 is 1.79 bits per heavy atom. The van der Waals surface area contributed by atoms with Crippen LogP contribution in [0.1, 0.15) is 17.2 Å². The molecule has 0 spiro atoms. The molecule has 1 atom stereocenters. The number of hydrogen-bond donors (Lipinski definition) is 1. The van der Waals surface area contributed by atoms with E-state index < -0.39 is 0 Å². The number of rotatable bonds is 5. The van der Waals surface area contributed by atoms with Crippen LogP contribution in [0.15, 0.2) is 53.4 Å². The number of para-hydroxylation sites is 1. The molecule has 2 nitrogen and oxygen atoms in total. The van der Waals surface area contributed by atoms with E-state index in [4.69, 9.17) is 10.5 Å². The molecule has 0 bridgehead atoms. The lowest BCUT2D eigenvalue weighted by atomic mass is 10.1. The average Bonchev–Trinajstić information content (AvgIpc) is 2.46. The zero-order valence-electron chi connectivity index (χ0n) is 11.3. The van der Waals surface area contributed by atoms with Crippen LogP contribution in [0.4, 0.5) is 0 Å². The summed E-state index contributed by atoms with van der Waals surface area (Å²) in [5.41, 5.74) is 8.21. The summed E-state index contributed by atoms with van der Waals surface area (Å²) in [4.78, 5) is 1.13. The minimum atomic E-state index is -0.103. The molecular formula is C16H19NOS. The second-order valence-corrected chi connectivity index (χ2v) is 5.25. The predicted molar refractivity (Wildman–Crippen MR) is 81.8 cm³/mol. The highest BCUT2D eigenvalue weighted by atomic mass is 32.2. The van der Waals surface area contributed by atoms with Gasteiger partial charge in [0.25, 0.3) is 0 Å². The molecule has 0 saturated carbocycles. The van der Waals surface area contributed by atoms with Crippen molar-refractivity contribution in [2.75, 3.05) is 12.8 Å². The number of aryl methyl sites for hydroxylation is 1. The molecular weight excluding hydrogens is 254 g/mol. The van der Waals surface area contributed by atoms with Crippen LogP contribution < -0.4 is 10.5 Å². The van der Waals surface area contributed by atoms with E-state index in [9.17, 15) is 0 Å². The van der Waals surface area contributed by atoms with Crippen molar-refractivity contribution in [1.82, 2.24) is 0 Å². The Bertz CT molecular complexity index is 525. The van der Waals surface area contributed by atoms with Crippen LogP contribution in [-0.4, -0.2) is 12.8 Å². The Kier molecular flexibility index (Phi) is 4.88. The minimum absolute atomic E-state index is 0.103. The van der Waals surface area contributed by atoms with Gasteiger partial charge in [0.1, 0.15) is 11.9 Å². The quantitative estimate of drug-likeness (QED) is 0.842. The van der Waals surface area contributed by atoms with Gasteiger partial charge in [-0.05, 0) is 30.9 Å². The third-order valence-corrected chi connectivity index (χ3v) is 3.78. The van der Waals surface area contributed by atoms with Crippen LogP contribution in [-0.2, 0) is 0 Å². The summed E-state index contributed by atoms with van der Waals surface area (Å²) in [5.74, 6) is 0.894. The fourth-order valence-electron chi connectivity index (χ4n) is 1.90. The van der Waals surface area contributed by atoms with Crippen LogP contribution in [0.2, 0.25) is 0 Å². The number of benzene rings is 2. The molecule has 2 aromatic carbocycles. The summed E-state index contributed by atoms with van der Waals surface area (Å²) >= 11 is 1.68. The van der Waals surface area contributed by atoms with Crippen LogP contribution in [0, 0.1) is 6.92 Å². The van der Waals surface area contributed by atoms with E-state index in [1.807, 2.05) is 24.5 Å². The van der Waals surface area contributed by atoms with Crippen LogP contribution in [0.3, 0.4) is 0 Å². The second-order valence-electron chi connectivity index (χ2n) is 4.40. The van der Waals surface area contributed by atoms with Crippen molar-refractivity contribution < 1.29 is 4.74 Å². The van der Waals surface area contributed by atoms with Crippen LogP contribution >= 0.6 is 11.8 Å². The lowest BCUT2D eigenvalue weighted by molar-refractivity contribution is 0.209. The lowest BCUT2D eigenvalue weighted by Crippen LogP contribution is -2.18. The predicted octanol–water partition coefficient (Wildman–Crippen LogP) is 3.80. The molecule has 0 amide bonds. The van der Waals surface area contributed by atoms with Gasteiger partial charge in [-0.1, -0.05) is 42.0 Å². The standard InChI is InChI=1S/C16H19NOS/c1-12-7-9-13(10-8-12)15(11-17)18-14-5-3-4-6-16(14)19-2/h3-10,15H,11,17H2,1-2H3. The Balaban J connectivity index is 2.21. The van der Waals surface area contributed by atoms with Crippen molar-refractivity contribution in [3.05, 3.63) is 59.7 Å². The molecule has 3 heteroatoms. The van der Waals surface area contributed by atoms with E-state index in [1.54, 1.807) is 11.8 Å². The van der Waals surface area contributed by atoms with Gasteiger partial charge in [0.05, 0.1) is 0 Å². The fraction of sp³-hybridized carbons (Fsp3) is 0.250. The molecule has 2 N–H and O–H groups in total. The number of thioether (sulfide) groups is 1. The van der Waals surface area contributed by atoms with Crippen molar-refractivity contribution in [2.24, 2.45) is 5.73 Å². The highest BCUT2D eigenvalue weighted by Crippen LogP contribution is 2.30. The largest absolute Gasteiger partial charge is 0.483 e. The van der Waals surface area contributed by atoms with Gasteiger partial charge in [0.15, 0.2) is 0 Å². The molecule has 0 aliphatic carbocycles. The van der Waals surface area contributed by atoms with Crippen molar-refractivity contribution in [2.45, 2.75) is 17.9 Å². The summed E-state index contributed by atoms with van der Waals surface area (Å²) in [5, 5.41) is 0. The van der Waals surface area contributed by atoms with Gasteiger partial charge in [-0.15, -0.1) is 11.8 Å². The molecule has 0 fully saturated rings. The third-order valence-electron chi connectivity index (χ3n) is 3.00. The molecule has 0 heterocycles. The van der Waals surface area contributed by atoms with Gasteiger partial charge >= 0.3 is 0 Å². The fourth-order valence-corrected chi connectivity index (χ4v) is 2.43. The number of nitrogens with two attached hydrogens (primary N) is 1. The summed E-state index contributed by atoms with van der Waals surface area (Å²) in [7, 11) is 0. The maximum Gasteiger partial charge on any atom is 0.136 e. The summed E-state index contributed by atoms with van der Waals surface area (Å²) in [6.07, 6.45) is 1.94. The lowest BCUT2D eigenvalue weighted by Gasteiger charge is -2.19. The third kappa shape index (κ3) is 3.52. The van der Waals surface area contributed by atoms with Crippen LogP contribution in [0.25, 0.3) is 0 Å². The molecule has 2 aromatic rings. The summed E-state index contributed by atoms with van der Waals surface area (Å²) in [6, 6.07) is 16.4. The molecule has 100 valence electrons. The average molecular weight is 273 g/mol. The van der Waals surface area contributed by atoms with Gasteiger partial charge in [0.2, 0.25) is 0 Å². The first-order valence-corrected chi connectivity index (χ1v) is 7.53. The van der Waals surface area contributed by atoms with Crippen molar-refractivity contribution in [1.29, 1.82) is 0 Å². The van der Waals surface area contributed by atoms with Crippen molar-refractivity contribution >= 4 is 11.8 Å². The van der Waals surface area contributed by atoms with E-state index in [1.165, 1.54) is 5.56 Å². The van der Waals surface area contributed by atoms with Crippen LogP contribution in [0.5, 0.6) is 5.75 Å². The number of ether oxygens (including phenoxy) is 1. The van der Waals surface area contributed by atoms with Gasteiger partial charge in [-0.3, -0.25) is 0 Å².